The Balaban J connectivity index is 1.55. The highest BCUT2D eigenvalue weighted by Gasteiger charge is 2.29. The Kier molecular flexibility index (Phi) is 4.96. The van der Waals surface area contributed by atoms with Crippen LogP contribution >= 0.6 is 0 Å². The van der Waals surface area contributed by atoms with E-state index in [1.165, 1.54) is 0 Å². The number of ketones is 2. The lowest BCUT2D eigenvalue weighted by Gasteiger charge is -2.20. The lowest BCUT2D eigenvalue weighted by atomic mass is 9.84. The number of hydrogen-bond donors (Lipinski definition) is 2. The van der Waals surface area contributed by atoms with Crippen LogP contribution in [0.15, 0.2) is 60.7 Å². The minimum absolute atomic E-state index is 0.178. The van der Waals surface area contributed by atoms with E-state index >= 15 is 0 Å². The normalized spacial score (nSPS) is 13.3. The number of hydrogen-bond acceptors (Lipinski definition) is 4. The van der Waals surface area contributed by atoms with Crippen LogP contribution in [0.1, 0.15) is 49.9 Å². The zero-order chi connectivity index (χ0) is 21.4. The van der Waals surface area contributed by atoms with Crippen molar-refractivity contribution < 1.29 is 14.4 Å². The van der Waals surface area contributed by atoms with E-state index in [1.807, 2.05) is 32.0 Å². The molecule has 3 aromatic rings. The number of amides is 1. The lowest BCUT2D eigenvalue weighted by molar-refractivity contribution is -0.116. The molecule has 1 amide bonds. The van der Waals surface area contributed by atoms with E-state index in [1.54, 1.807) is 49.4 Å². The van der Waals surface area contributed by atoms with Gasteiger partial charge in [-0.25, -0.2) is 0 Å². The number of aryl methyl sites for hydroxylation is 2. The van der Waals surface area contributed by atoms with Crippen LogP contribution in [0.4, 0.5) is 11.4 Å². The molecule has 0 saturated heterocycles. The third-order valence-corrected chi connectivity index (χ3v) is 5.35. The van der Waals surface area contributed by atoms with E-state index in [9.17, 15) is 14.4 Å². The molecular formula is C25H22N2O3. The molecule has 5 heteroatoms. The van der Waals surface area contributed by atoms with Crippen molar-refractivity contribution in [1.29, 1.82) is 0 Å². The molecular weight excluding hydrogens is 376 g/mol. The fourth-order valence-electron chi connectivity index (χ4n) is 3.62. The largest absolute Gasteiger partial charge is 0.374 e. The average Bonchev–Trinajstić information content (AvgIpc) is 2.74. The van der Waals surface area contributed by atoms with E-state index in [-0.39, 0.29) is 17.5 Å². The minimum Gasteiger partial charge on any atom is -0.374 e. The van der Waals surface area contributed by atoms with Crippen LogP contribution in [0, 0.1) is 13.8 Å². The molecule has 0 unspecified atom stereocenters. The van der Waals surface area contributed by atoms with Gasteiger partial charge in [0.05, 0.1) is 0 Å². The smallest absolute Gasteiger partial charge is 0.246 e. The molecule has 3 aromatic carbocycles. The second-order valence-electron chi connectivity index (χ2n) is 7.64. The Labute approximate surface area is 175 Å². The van der Waals surface area contributed by atoms with E-state index in [0.717, 1.165) is 16.8 Å². The highest BCUT2D eigenvalue weighted by molar-refractivity contribution is 6.28. The predicted octanol–water partition coefficient (Wildman–Crippen LogP) is 4.52. The van der Waals surface area contributed by atoms with Crippen molar-refractivity contribution in [3.05, 3.63) is 94.0 Å². The molecule has 0 radical (unpaired) electrons. The Morgan fingerprint density at radius 1 is 0.800 bits per heavy atom. The van der Waals surface area contributed by atoms with Gasteiger partial charge in [0.2, 0.25) is 5.91 Å². The van der Waals surface area contributed by atoms with E-state index in [4.69, 9.17) is 0 Å². The zero-order valence-corrected chi connectivity index (χ0v) is 17.1. The number of fused-ring (bicyclic) bond motifs is 2. The maximum Gasteiger partial charge on any atom is 0.246 e. The average molecular weight is 398 g/mol. The highest BCUT2D eigenvalue weighted by Crippen LogP contribution is 2.29. The van der Waals surface area contributed by atoms with Crippen LogP contribution in [0.3, 0.4) is 0 Å². The molecule has 0 fully saturated rings. The van der Waals surface area contributed by atoms with Crippen molar-refractivity contribution >= 4 is 28.8 Å². The molecule has 1 aliphatic carbocycles. The van der Waals surface area contributed by atoms with E-state index < -0.39 is 6.04 Å². The summed E-state index contributed by atoms with van der Waals surface area (Å²) >= 11 is 0. The molecule has 5 nitrogen and oxygen atoms in total. The molecule has 2 N–H and O–H groups in total. The van der Waals surface area contributed by atoms with E-state index in [2.05, 4.69) is 10.6 Å². The molecule has 1 aliphatic rings. The van der Waals surface area contributed by atoms with Crippen molar-refractivity contribution in [3.8, 4) is 0 Å². The molecule has 0 heterocycles. The number of anilines is 2. The van der Waals surface area contributed by atoms with Gasteiger partial charge < -0.3 is 10.6 Å². The van der Waals surface area contributed by atoms with Crippen LogP contribution in [-0.4, -0.2) is 23.5 Å². The molecule has 30 heavy (non-hydrogen) atoms. The molecule has 0 saturated carbocycles. The van der Waals surface area contributed by atoms with Crippen LogP contribution in [0.25, 0.3) is 0 Å². The summed E-state index contributed by atoms with van der Waals surface area (Å²) in [5, 5.41) is 6.07. The van der Waals surface area contributed by atoms with Gasteiger partial charge in [-0.3, -0.25) is 14.4 Å². The van der Waals surface area contributed by atoms with Crippen molar-refractivity contribution in [1.82, 2.24) is 0 Å². The first-order valence-electron chi connectivity index (χ1n) is 9.82. The van der Waals surface area contributed by atoms with Crippen molar-refractivity contribution in [3.63, 3.8) is 0 Å². The van der Waals surface area contributed by atoms with Crippen molar-refractivity contribution in [2.75, 3.05) is 10.6 Å². The Bertz CT molecular complexity index is 1200. The zero-order valence-electron chi connectivity index (χ0n) is 17.1. The molecule has 0 aliphatic heterocycles. The summed E-state index contributed by atoms with van der Waals surface area (Å²) < 4.78 is 0. The lowest BCUT2D eigenvalue weighted by Crippen LogP contribution is -2.32. The predicted molar refractivity (Wildman–Crippen MR) is 117 cm³/mol. The molecule has 150 valence electrons. The summed E-state index contributed by atoms with van der Waals surface area (Å²) in [4.78, 5) is 38.3. The standard InChI is InChI=1S/C25H22N2O3/c1-14-8-9-15(2)22(12-14)26-16(3)25(30)27-17-10-11-20-21(13-17)24(29)19-7-5-4-6-18(19)23(20)28/h4-13,16,26H,1-3H3,(H,27,30)/t16-/m1/s1. The van der Waals surface area contributed by atoms with Gasteiger partial charge in [-0.15, -0.1) is 0 Å². The molecule has 0 spiro atoms. The first-order valence-corrected chi connectivity index (χ1v) is 9.82. The summed E-state index contributed by atoms with van der Waals surface area (Å²) in [7, 11) is 0. The monoisotopic (exact) mass is 398 g/mol. The highest BCUT2D eigenvalue weighted by atomic mass is 16.2. The maximum absolute atomic E-state index is 12.9. The van der Waals surface area contributed by atoms with Crippen LogP contribution in [0.2, 0.25) is 0 Å². The third-order valence-electron chi connectivity index (χ3n) is 5.35. The quantitative estimate of drug-likeness (QED) is 0.530. The topological polar surface area (TPSA) is 75.3 Å². The van der Waals surface area contributed by atoms with Crippen LogP contribution < -0.4 is 10.6 Å². The van der Waals surface area contributed by atoms with Gasteiger partial charge in [0.1, 0.15) is 6.04 Å². The van der Waals surface area contributed by atoms with Gasteiger partial charge in [-0.1, -0.05) is 36.4 Å². The van der Waals surface area contributed by atoms with Crippen LogP contribution in [-0.2, 0) is 4.79 Å². The van der Waals surface area contributed by atoms with Gasteiger partial charge in [-0.2, -0.15) is 0 Å². The minimum atomic E-state index is -0.486. The van der Waals surface area contributed by atoms with Gasteiger partial charge in [0, 0.05) is 33.6 Å². The molecule has 4 rings (SSSR count). The number of carbonyl (C=O) groups is 3. The Morgan fingerprint density at radius 2 is 1.43 bits per heavy atom. The summed E-state index contributed by atoms with van der Waals surface area (Å²) in [5.41, 5.74) is 5.02. The van der Waals surface area contributed by atoms with Crippen LogP contribution in [0.5, 0.6) is 0 Å². The molecule has 1 atom stereocenters. The van der Waals surface area contributed by atoms with Gasteiger partial charge >= 0.3 is 0 Å². The first-order chi connectivity index (χ1) is 14.3. The number of benzene rings is 3. The maximum atomic E-state index is 12.9. The second kappa shape index (κ2) is 7.59. The molecule has 0 bridgehead atoms. The number of carbonyl (C=O) groups excluding carboxylic acids is 3. The Hall–Kier alpha value is -3.73. The van der Waals surface area contributed by atoms with Crippen molar-refractivity contribution in [2.45, 2.75) is 26.8 Å². The SMILES string of the molecule is Cc1ccc(C)c(N[C@H](C)C(=O)Nc2ccc3c(c2)C(=O)c2ccccc2C3=O)c1. The number of rotatable bonds is 4. The Morgan fingerprint density at radius 3 is 2.13 bits per heavy atom. The first kappa shape index (κ1) is 19.6. The van der Waals surface area contributed by atoms with Gasteiger partial charge in [0.25, 0.3) is 0 Å². The third kappa shape index (κ3) is 3.50. The van der Waals surface area contributed by atoms with Crippen molar-refractivity contribution in [2.24, 2.45) is 0 Å². The molecule has 0 aromatic heterocycles. The fraction of sp³-hybridized carbons (Fsp3) is 0.160. The van der Waals surface area contributed by atoms with E-state index in [0.29, 0.717) is 27.9 Å². The van der Waals surface area contributed by atoms with Gasteiger partial charge in [0.15, 0.2) is 11.6 Å². The number of nitrogens with one attached hydrogen (secondary N) is 2. The van der Waals surface area contributed by atoms with Gasteiger partial charge in [-0.05, 0) is 56.2 Å². The fourth-order valence-corrected chi connectivity index (χ4v) is 3.62. The summed E-state index contributed by atoms with van der Waals surface area (Å²) in [6.07, 6.45) is 0. The summed E-state index contributed by atoms with van der Waals surface area (Å²) in [6, 6.07) is 17.2. The summed E-state index contributed by atoms with van der Waals surface area (Å²) in [6.45, 7) is 5.76. The summed E-state index contributed by atoms with van der Waals surface area (Å²) in [5.74, 6) is -0.619. The second-order valence-corrected chi connectivity index (χ2v) is 7.64.